The Kier molecular flexibility index (Phi) is 4.07. The lowest BCUT2D eigenvalue weighted by molar-refractivity contribution is -0.330. The zero-order chi connectivity index (χ0) is 13.1. The summed E-state index contributed by atoms with van der Waals surface area (Å²) >= 11 is 6.05. The minimum atomic E-state index is 0.770. The first-order valence-electron chi connectivity index (χ1n) is 6.45. The van der Waals surface area contributed by atoms with Crippen LogP contribution < -0.4 is 9.88 Å². The summed E-state index contributed by atoms with van der Waals surface area (Å²) in [5.41, 5.74) is 2.37. The van der Waals surface area contributed by atoms with Gasteiger partial charge < -0.3 is 0 Å². The van der Waals surface area contributed by atoms with E-state index in [0.29, 0.717) is 0 Å². The molecular formula is C15H20ClN2+. The van der Waals surface area contributed by atoms with Gasteiger partial charge >= 0.3 is 0 Å². The van der Waals surface area contributed by atoms with E-state index >= 15 is 0 Å². The molecule has 18 heavy (non-hydrogen) atoms. The second-order valence-electron chi connectivity index (χ2n) is 4.80. The summed E-state index contributed by atoms with van der Waals surface area (Å²) in [5.74, 6) is 1.15. The van der Waals surface area contributed by atoms with Crippen molar-refractivity contribution in [1.82, 2.24) is 0 Å². The van der Waals surface area contributed by atoms with Crippen LogP contribution in [0.1, 0.15) is 25.3 Å². The van der Waals surface area contributed by atoms with Gasteiger partial charge in [-0.1, -0.05) is 24.9 Å². The molecule has 0 amide bonds. The lowest BCUT2D eigenvalue weighted by Gasteiger charge is -2.12. The molecule has 0 unspecified atom stereocenters. The molecule has 3 heteroatoms. The van der Waals surface area contributed by atoms with Crippen LogP contribution in [0.5, 0.6) is 0 Å². The first-order chi connectivity index (χ1) is 8.61. The second-order valence-corrected chi connectivity index (χ2v) is 5.24. The van der Waals surface area contributed by atoms with Crippen molar-refractivity contribution in [3.8, 4) is 0 Å². The Labute approximate surface area is 114 Å². The smallest absolute Gasteiger partial charge is 0.264 e. The molecule has 1 N–H and O–H groups in total. The van der Waals surface area contributed by atoms with E-state index in [0.717, 1.165) is 22.9 Å². The highest BCUT2D eigenvalue weighted by molar-refractivity contribution is 6.31. The zero-order valence-corrected chi connectivity index (χ0v) is 12.0. The van der Waals surface area contributed by atoms with Gasteiger partial charge in [-0.05, 0) is 31.0 Å². The van der Waals surface area contributed by atoms with E-state index < -0.39 is 0 Å². The quantitative estimate of drug-likeness (QED) is 0.819. The fourth-order valence-electron chi connectivity index (χ4n) is 2.14. The third-order valence-corrected chi connectivity index (χ3v) is 3.52. The highest BCUT2D eigenvalue weighted by Gasteiger charge is 2.12. The standard InChI is InChI=1S/C15H19ClN2/c1-4-5-8-18(3)15-9-11(2)13-7-6-12(16)10-14(13)17-15/h6-7,9-10H,4-5,8H2,1-3H3/p+1. The van der Waals surface area contributed by atoms with Gasteiger partial charge in [-0.2, -0.15) is 0 Å². The van der Waals surface area contributed by atoms with Crippen LogP contribution >= 0.6 is 11.6 Å². The minimum Gasteiger partial charge on any atom is -0.264 e. The number of hydrogen-bond donors (Lipinski definition) is 0. The van der Waals surface area contributed by atoms with Crippen LogP contribution in [0.4, 0.5) is 5.82 Å². The van der Waals surface area contributed by atoms with Gasteiger partial charge in [0.25, 0.3) is 5.82 Å². The van der Waals surface area contributed by atoms with Crippen LogP contribution in [-0.2, 0) is 0 Å². The number of aryl methyl sites for hydroxylation is 1. The van der Waals surface area contributed by atoms with Gasteiger partial charge in [0.15, 0.2) is 0 Å². The zero-order valence-electron chi connectivity index (χ0n) is 11.3. The predicted molar refractivity (Wildman–Crippen MR) is 78.4 cm³/mol. The molecule has 0 fully saturated rings. The van der Waals surface area contributed by atoms with Crippen molar-refractivity contribution in [2.45, 2.75) is 26.7 Å². The Morgan fingerprint density at radius 1 is 1.28 bits per heavy atom. The Morgan fingerprint density at radius 2 is 2.06 bits per heavy atom. The molecule has 2 nitrogen and oxygen atoms in total. The van der Waals surface area contributed by atoms with Crippen LogP contribution in [0.3, 0.4) is 0 Å². The third-order valence-electron chi connectivity index (χ3n) is 3.28. The fourth-order valence-corrected chi connectivity index (χ4v) is 2.31. The molecule has 0 aliphatic rings. The Bertz CT molecular complexity index is 551. The van der Waals surface area contributed by atoms with Gasteiger partial charge in [-0.15, -0.1) is 0 Å². The number of aromatic amines is 1. The molecule has 2 rings (SSSR count). The SMILES string of the molecule is CCCCN(C)c1cc(C)c2ccc(Cl)cc2[nH+]1. The van der Waals surface area contributed by atoms with Crippen molar-refractivity contribution >= 4 is 28.3 Å². The maximum absolute atomic E-state index is 6.05. The van der Waals surface area contributed by atoms with Crippen molar-refractivity contribution in [3.63, 3.8) is 0 Å². The molecule has 0 atom stereocenters. The number of anilines is 1. The first-order valence-corrected chi connectivity index (χ1v) is 6.83. The molecule has 1 aromatic carbocycles. The summed E-state index contributed by atoms with van der Waals surface area (Å²) in [4.78, 5) is 5.72. The second kappa shape index (κ2) is 5.57. The molecule has 0 saturated carbocycles. The van der Waals surface area contributed by atoms with Gasteiger partial charge in [-0.3, -0.25) is 4.90 Å². The van der Waals surface area contributed by atoms with E-state index in [-0.39, 0.29) is 0 Å². The largest absolute Gasteiger partial charge is 0.274 e. The Hall–Kier alpha value is -1.28. The van der Waals surface area contributed by atoms with E-state index in [4.69, 9.17) is 11.6 Å². The van der Waals surface area contributed by atoms with Crippen LogP contribution in [-0.4, -0.2) is 13.6 Å². The molecular weight excluding hydrogens is 244 g/mol. The summed E-state index contributed by atoms with van der Waals surface area (Å²) < 4.78 is 0. The summed E-state index contributed by atoms with van der Waals surface area (Å²) in [7, 11) is 2.12. The number of H-pyrrole nitrogens is 1. The summed E-state index contributed by atoms with van der Waals surface area (Å²) in [6.45, 7) is 5.42. The maximum atomic E-state index is 6.05. The molecule has 0 aliphatic heterocycles. The number of aromatic nitrogens is 1. The Morgan fingerprint density at radius 3 is 2.78 bits per heavy atom. The summed E-state index contributed by atoms with van der Waals surface area (Å²) in [5, 5.41) is 2.00. The van der Waals surface area contributed by atoms with Gasteiger partial charge in [0.05, 0.1) is 13.6 Å². The normalized spacial score (nSPS) is 10.9. The minimum absolute atomic E-state index is 0.770. The number of unbranched alkanes of at least 4 members (excludes halogenated alkanes) is 1. The van der Waals surface area contributed by atoms with Crippen molar-refractivity contribution in [2.24, 2.45) is 0 Å². The van der Waals surface area contributed by atoms with Gasteiger partial charge in [-0.25, -0.2) is 4.98 Å². The van der Waals surface area contributed by atoms with Crippen molar-refractivity contribution in [2.75, 3.05) is 18.5 Å². The highest BCUT2D eigenvalue weighted by Crippen LogP contribution is 2.21. The first kappa shape index (κ1) is 13.2. The number of rotatable bonds is 4. The molecule has 96 valence electrons. The van der Waals surface area contributed by atoms with Crippen molar-refractivity contribution < 1.29 is 4.98 Å². The molecule has 0 bridgehead atoms. The monoisotopic (exact) mass is 263 g/mol. The van der Waals surface area contributed by atoms with Gasteiger partial charge in [0.2, 0.25) is 0 Å². The highest BCUT2D eigenvalue weighted by atomic mass is 35.5. The maximum Gasteiger partial charge on any atom is 0.274 e. The number of nitrogens with zero attached hydrogens (tertiary/aromatic N) is 1. The molecule has 0 radical (unpaired) electrons. The van der Waals surface area contributed by atoms with Gasteiger partial charge in [0.1, 0.15) is 5.52 Å². The number of hydrogen-bond acceptors (Lipinski definition) is 1. The molecule has 2 aromatic rings. The van der Waals surface area contributed by atoms with Crippen LogP contribution in [0.15, 0.2) is 24.3 Å². The van der Waals surface area contributed by atoms with Crippen molar-refractivity contribution in [1.29, 1.82) is 0 Å². The number of fused-ring (bicyclic) bond motifs is 1. The molecule has 0 aliphatic carbocycles. The Balaban J connectivity index is 2.41. The average Bonchev–Trinajstić information content (AvgIpc) is 2.35. The average molecular weight is 264 g/mol. The number of benzene rings is 1. The van der Waals surface area contributed by atoms with Gasteiger partial charge in [0, 0.05) is 22.5 Å². The predicted octanol–water partition coefficient (Wildman–Crippen LogP) is 3.85. The molecule has 0 spiro atoms. The topological polar surface area (TPSA) is 17.4 Å². The lowest BCUT2D eigenvalue weighted by atomic mass is 10.1. The third kappa shape index (κ3) is 2.75. The lowest BCUT2D eigenvalue weighted by Crippen LogP contribution is -2.26. The van der Waals surface area contributed by atoms with Crippen LogP contribution in [0, 0.1) is 6.92 Å². The molecule has 0 saturated heterocycles. The van der Waals surface area contributed by atoms with E-state index in [1.165, 1.54) is 23.8 Å². The van der Waals surface area contributed by atoms with E-state index in [9.17, 15) is 0 Å². The van der Waals surface area contributed by atoms with Crippen LogP contribution in [0.2, 0.25) is 5.02 Å². The fraction of sp³-hybridized carbons (Fsp3) is 0.400. The van der Waals surface area contributed by atoms with E-state index in [1.807, 2.05) is 12.1 Å². The number of pyridine rings is 1. The summed E-state index contributed by atoms with van der Waals surface area (Å²) in [6, 6.07) is 8.19. The van der Waals surface area contributed by atoms with Crippen LogP contribution in [0.25, 0.3) is 10.9 Å². The van der Waals surface area contributed by atoms with E-state index in [1.54, 1.807) is 0 Å². The number of halogens is 1. The number of nitrogens with one attached hydrogen (secondary N) is 1. The van der Waals surface area contributed by atoms with E-state index in [2.05, 4.69) is 42.9 Å². The summed E-state index contributed by atoms with van der Waals surface area (Å²) in [6.07, 6.45) is 2.42. The molecule has 1 heterocycles. The van der Waals surface area contributed by atoms with Crippen molar-refractivity contribution in [3.05, 3.63) is 34.9 Å². The molecule has 1 aromatic heterocycles.